The molecule has 0 aromatic heterocycles. The lowest BCUT2D eigenvalue weighted by Crippen LogP contribution is -2.62. The van der Waals surface area contributed by atoms with Gasteiger partial charge in [0.05, 0.1) is 6.10 Å². The van der Waals surface area contributed by atoms with Gasteiger partial charge in [-0.25, -0.2) is 0 Å². The van der Waals surface area contributed by atoms with Crippen LogP contribution in [0.3, 0.4) is 0 Å². The summed E-state index contributed by atoms with van der Waals surface area (Å²) < 4.78 is 0. The molecule has 4 atom stereocenters. The molecule has 0 bridgehead atoms. The number of nitrogens with one attached hydrogen (secondary N) is 1. The highest BCUT2D eigenvalue weighted by Crippen LogP contribution is 2.42. The summed E-state index contributed by atoms with van der Waals surface area (Å²) in [7, 11) is 0. The van der Waals surface area contributed by atoms with Gasteiger partial charge in [0.25, 0.3) is 0 Å². The highest BCUT2D eigenvalue weighted by atomic mass is 32.2. The molecule has 16 heavy (non-hydrogen) atoms. The highest BCUT2D eigenvalue weighted by Gasteiger charge is 2.48. The van der Waals surface area contributed by atoms with Crippen molar-refractivity contribution in [2.75, 3.05) is 5.75 Å². The molecular formula is C13H25NOS. The third-order valence-corrected chi connectivity index (χ3v) is 5.79. The topological polar surface area (TPSA) is 32.3 Å². The second-order valence-corrected chi connectivity index (χ2v) is 7.34. The van der Waals surface area contributed by atoms with E-state index in [9.17, 15) is 5.11 Å². The van der Waals surface area contributed by atoms with Crippen LogP contribution in [-0.2, 0) is 0 Å². The molecule has 0 spiro atoms. The minimum atomic E-state index is -0.108. The van der Waals surface area contributed by atoms with Crippen molar-refractivity contribution in [2.45, 2.75) is 69.9 Å². The highest BCUT2D eigenvalue weighted by molar-refractivity contribution is 7.99. The van der Waals surface area contributed by atoms with Crippen molar-refractivity contribution in [2.24, 2.45) is 5.41 Å². The maximum Gasteiger partial charge on any atom is 0.0621 e. The van der Waals surface area contributed by atoms with E-state index in [0.717, 1.165) is 11.7 Å². The van der Waals surface area contributed by atoms with Crippen molar-refractivity contribution in [1.82, 2.24) is 5.32 Å². The van der Waals surface area contributed by atoms with Crippen molar-refractivity contribution in [3.8, 4) is 0 Å². The monoisotopic (exact) mass is 243 g/mol. The summed E-state index contributed by atoms with van der Waals surface area (Å²) in [6, 6.07) is 1.20. The van der Waals surface area contributed by atoms with Crippen LogP contribution in [0.2, 0.25) is 0 Å². The third-order valence-electron chi connectivity index (χ3n) is 4.46. The molecule has 2 N–H and O–H groups in total. The fraction of sp³-hybridized carbons (Fsp3) is 1.00. The Morgan fingerprint density at radius 1 is 1.38 bits per heavy atom. The zero-order chi connectivity index (χ0) is 11.8. The van der Waals surface area contributed by atoms with E-state index in [2.05, 4.69) is 37.8 Å². The summed E-state index contributed by atoms with van der Waals surface area (Å²) in [5, 5.41) is 14.3. The van der Waals surface area contributed by atoms with Crippen LogP contribution in [0.5, 0.6) is 0 Å². The van der Waals surface area contributed by atoms with Crippen molar-refractivity contribution >= 4 is 11.8 Å². The fourth-order valence-electron chi connectivity index (χ4n) is 2.97. The van der Waals surface area contributed by atoms with Gasteiger partial charge >= 0.3 is 0 Å². The second-order valence-electron chi connectivity index (χ2n) is 5.82. The predicted octanol–water partition coefficient (Wildman–Crippen LogP) is 2.41. The molecule has 2 aliphatic rings. The first-order chi connectivity index (χ1) is 7.55. The lowest BCUT2D eigenvalue weighted by molar-refractivity contribution is -0.0754. The number of rotatable bonds is 4. The van der Waals surface area contributed by atoms with Gasteiger partial charge in [0.1, 0.15) is 0 Å². The van der Waals surface area contributed by atoms with Gasteiger partial charge in [-0.2, -0.15) is 11.8 Å². The van der Waals surface area contributed by atoms with Crippen LogP contribution >= 0.6 is 11.8 Å². The average Bonchev–Trinajstić information content (AvgIpc) is 2.66. The van der Waals surface area contributed by atoms with Crippen LogP contribution in [-0.4, -0.2) is 34.3 Å². The Hall–Kier alpha value is 0.270. The zero-order valence-corrected chi connectivity index (χ0v) is 11.5. The largest absolute Gasteiger partial charge is 0.392 e. The van der Waals surface area contributed by atoms with E-state index in [1.165, 1.54) is 25.0 Å². The molecule has 94 valence electrons. The number of hydrogen-bond acceptors (Lipinski definition) is 3. The van der Waals surface area contributed by atoms with Gasteiger partial charge in [0, 0.05) is 22.7 Å². The Balaban J connectivity index is 1.85. The van der Waals surface area contributed by atoms with Crippen LogP contribution in [0, 0.1) is 5.41 Å². The van der Waals surface area contributed by atoms with Crippen LogP contribution in [0.1, 0.15) is 46.5 Å². The van der Waals surface area contributed by atoms with Gasteiger partial charge in [0.2, 0.25) is 0 Å². The van der Waals surface area contributed by atoms with E-state index in [0.29, 0.717) is 12.1 Å². The van der Waals surface area contributed by atoms with Gasteiger partial charge in [-0.1, -0.05) is 27.2 Å². The Morgan fingerprint density at radius 2 is 2.12 bits per heavy atom. The minimum Gasteiger partial charge on any atom is -0.392 e. The van der Waals surface area contributed by atoms with E-state index < -0.39 is 0 Å². The van der Waals surface area contributed by atoms with Crippen molar-refractivity contribution in [1.29, 1.82) is 0 Å². The first-order valence-corrected chi connectivity index (χ1v) is 7.66. The van der Waals surface area contributed by atoms with Gasteiger partial charge < -0.3 is 10.4 Å². The van der Waals surface area contributed by atoms with E-state index in [1.807, 2.05) is 0 Å². The molecule has 2 rings (SSSR count). The molecule has 2 nitrogen and oxygen atoms in total. The van der Waals surface area contributed by atoms with E-state index in [4.69, 9.17) is 0 Å². The van der Waals surface area contributed by atoms with Crippen LogP contribution in [0.25, 0.3) is 0 Å². The summed E-state index contributed by atoms with van der Waals surface area (Å²) in [5.74, 6) is 1.22. The molecule has 0 saturated heterocycles. The van der Waals surface area contributed by atoms with E-state index in [-0.39, 0.29) is 11.5 Å². The van der Waals surface area contributed by atoms with Crippen molar-refractivity contribution in [3.05, 3.63) is 0 Å². The van der Waals surface area contributed by atoms with Gasteiger partial charge in [0.15, 0.2) is 0 Å². The van der Waals surface area contributed by atoms with Crippen molar-refractivity contribution in [3.63, 3.8) is 0 Å². The summed E-state index contributed by atoms with van der Waals surface area (Å²) >= 11 is 2.10. The molecule has 3 heteroatoms. The lowest BCUT2D eigenvalue weighted by Gasteiger charge is -2.51. The normalized spacial score (nSPS) is 42.0. The number of hydrogen-bond donors (Lipinski definition) is 2. The summed E-state index contributed by atoms with van der Waals surface area (Å²) in [5.41, 5.74) is 0.0734. The van der Waals surface area contributed by atoms with Crippen LogP contribution in [0.15, 0.2) is 0 Å². The van der Waals surface area contributed by atoms with Gasteiger partial charge in [-0.05, 0) is 25.0 Å². The average molecular weight is 243 g/mol. The van der Waals surface area contributed by atoms with E-state index in [1.54, 1.807) is 0 Å². The fourth-order valence-corrected chi connectivity index (χ4v) is 4.18. The molecule has 0 aromatic carbocycles. The quantitative estimate of drug-likeness (QED) is 0.795. The maximum atomic E-state index is 9.74. The molecule has 0 amide bonds. The number of aliphatic hydroxyl groups is 1. The molecule has 2 fully saturated rings. The Bertz CT molecular complexity index is 244. The molecule has 0 heterocycles. The van der Waals surface area contributed by atoms with Crippen LogP contribution in [0.4, 0.5) is 0 Å². The summed E-state index contributed by atoms with van der Waals surface area (Å²) in [6.45, 7) is 6.60. The summed E-state index contributed by atoms with van der Waals surface area (Å²) in [6.07, 6.45) is 4.88. The lowest BCUT2D eigenvalue weighted by atomic mass is 9.64. The SMILES string of the molecule is CCSC1CCCC1NC1CC(O)C1(C)C. The third kappa shape index (κ3) is 2.27. The molecule has 2 aliphatic carbocycles. The predicted molar refractivity (Wildman–Crippen MR) is 70.9 cm³/mol. The first-order valence-electron chi connectivity index (χ1n) is 6.61. The standard InChI is InChI=1S/C13H25NOS/c1-4-16-10-7-5-6-9(10)14-11-8-12(15)13(11,2)3/h9-12,14-15H,4-8H2,1-3H3. The molecule has 0 radical (unpaired) electrons. The number of aliphatic hydroxyl groups excluding tert-OH is 1. The Labute approximate surface area is 104 Å². The molecule has 0 aliphatic heterocycles. The smallest absolute Gasteiger partial charge is 0.0621 e. The van der Waals surface area contributed by atoms with Gasteiger partial charge in [-0.3, -0.25) is 0 Å². The Kier molecular flexibility index (Phi) is 3.87. The Morgan fingerprint density at radius 3 is 2.69 bits per heavy atom. The van der Waals surface area contributed by atoms with Crippen molar-refractivity contribution < 1.29 is 5.11 Å². The molecule has 2 saturated carbocycles. The maximum absolute atomic E-state index is 9.74. The second kappa shape index (κ2) is 4.87. The minimum absolute atomic E-state index is 0.0734. The zero-order valence-electron chi connectivity index (χ0n) is 10.7. The molecule has 4 unspecified atom stereocenters. The van der Waals surface area contributed by atoms with Crippen LogP contribution < -0.4 is 5.32 Å². The number of thioether (sulfide) groups is 1. The first kappa shape index (κ1) is 12.7. The van der Waals surface area contributed by atoms with Gasteiger partial charge in [-0.15, -0.1) is 0 Å². The summed E-state index contributed by atoms with van der Waals surface area (Å²) in [4.78, 5) is 0. The van der Waals surface area contributed by atoms with E-state index >= 15 is 0 Å². The molecular weight excluding hydrogens is 218 g/mol. The molecule has 0 aromatic rings.